The standard InChI is InChI=1S/C12H15BrClFN2/c13-5-1-3-10-4-2-6-17(10)12-11(15)7-9(14)8-16-12/h7-8,10H,1-6H2. The van der Waals surface area contributed by atoms with Crippen molar-refractivity contribution in [2.45, 2.75) is 31.7 Å². The second kappa shape index (κ2) is 6.01. The van der Waals surface area contributed by atoms with Gasteiger partial charge in [0.25, 0.3) is 0 Å². The Morgan fingerprint density at radius 3 is 3.12 bits per heavy atom. The van der Waals surface area contributed by atoms with Crippen LogP contribution in [-0.4, -0.2) is 22.9 Å². The van der Waals surface area contributed by atoms with Gasteiger partial charge in [-0.15, -0.1) is 0 Å². The Hall–Kier alpha value is -0.350. The fourth-order valence-corrected chi connectivity index (χ4v) is 2.81. The molecule has 0 N–H and O–H groups in total. The summed E-state index contributed by atoms with van der Waals surface area (Å²) in [5, 5.41) is 1.34. The second-order valence-corrected chi connectivity index (χ2v) is 5.51. The fourth-order valence-electron chi connectivity index (χ4n) is 2.35. The summed E-state index contributed by atoms with van der Waals surface area (Å²) in [5.74, 6) is 0.134. The number of anilines is 1. The van der Waals surface area contributed by atoms with E-state index in [1.165, 1.54) is 12.3 Å². The molecule has 0 aromatic carbocycles. The summed E-state index contributed by atoms with van der Waals surface area (Å²) in [6.07, 6.45) is 5.93. The maximum absolute atomic E-state index is 13.8. The fraction of sp³-hybridized carbons (Fsp3) is 0.583. The van der Waals surface area contributed by atoms with Crippen molar-refractivity contribution in [3.63, 3.8) is 0 Å². The smallest absolute Gasteiger partial charge is 0.167 e. The Labute approximate surface area is 114 Å². The van der Waals surface area contributed by atoms with Crippen LogP contribution in [-0.2, 0) is 0 Å². The molecule has 1 aliphatic heterocycles. The molecule has 94 valence electrons. The topological polar surface area (TPSA) is 16.1 Å². The molecule has 2 rings (SSSR count). The molecule has 1 aliphatic rings. The van der Waals surface area contributed by atoms with E-state index in [1.54, 1.807) is 0 Å². The largest absolute Gasteiger partial charge is 0.351 e. The first kappa shape index (κ1) is 13.1. The van der Waals surface area contributed by atoms with Crippen molar-refractivity contribution in [3.05, 3.63) is 23.1 Å². The molecule has 1 saturated heterocycles. The van der Waals surface area contributed by atoms with Gasteiger partial charge in [-0.25, -0.2) is 9.37 Å². The van der Waals surface area contributed by atoms with Crippen molar-refractivity contribution >= 4 is 33.3 Å². The summed E-state index contributed by atoms with van der Waals surface area (Å²) in [5.41, 5.74) is 0. The molecule has 0 bridgehead atoms. The molecule has 2 nitrogen and oxygen atoms in total. The lowest BCUT2D eigenvalue weighted by Gasteiger charge is -2.25. The second-order valence-electron chi connectivity index (χ2n) is 4.28. The third-order valence-corrected chi connectivity index (χ3v) is 3.88. The van der Waals surface area contributed by atoms with Gasteiger partial charge in [0.2, 0.25) is 0 Å². The molecule has 1 aromatic rings. The van der Waals surface area contributed by atoms with Crippen LogP contribution in [0.15, 0.2) is 12.3 Å². The Morgan fingerprint density at radius 2 is 2.41 bits per heavy atom. The molecule has 0 aliphatic carbocycles. The third-order valence-electron chi connectivity index (χ3n) is 3.11. The molecule has 1 fully saturated rings. The van der Waals surface area contributed by atoms with Crippen LogP contribution in [0.4, 0.5) is 10.2 Å². The predicted octanol–water partition coefficient (Wildman–Crippen LogP) is 4.02. The van der Waals surface area contributed by atoms with E-state index in [0.29, 0.717) is 16.9 Å². The number of aromatic nitrogens is 1. The zero-order valence-corrected chi connectivity index (χ0v) is 11.8. The van der Waals surface area contributed by atoms with E-state index < -0.39 is 0 Å². The van der Waals surface area contributed by atoms with E-state index in [2.05, 4.69) is 25.8 Å². The highest BCUT2D eigenvalue weighted by molar-refractivity contribution is 9.09. The summed E-state index contributed by atoms with van der Waals surface area (Å²) in [6.45, 7) is 0.887. The van der Waals surface area contributed by atoms with Crippen LogP contribution in [0.2, 0.25) is 5.02 Å². The molecule has 2 heterocycles. The van der Waals surface area contributed by atoms with Crippen LogP contribution < -0.4 is 4.90 Å². The van der Waals surface area contributed by atoms with Crippen molar-refractivity contribution in [1.29, 1.82) is 0 Å². The van der Waals surface area contributed by atoms with Gasteiger partial charge in [-0.3, -0.25) is 0 Å². The molecule has 5 heteroatoms. The van der Waals surface area contributed by atoms with E-state index in [-0.39, 0.29) is 5.82 Å². The van der Waals surface area contributed by atoms with Gasteiger partial charge < -0.3 is 4.90 Å². The molecule has 1 unspecified atom stereocenters. The van der Waals surface area contributed by atoms with Crippen molar-refractivity contribution in [2.75, 3.05) is 16.8 Å². The zero-order valence-electron chi connectivity index (χ0n) is 9.50. The molecule has 1 atom stereocenters. The Balaban J connectivity index is 2.14. The summed E-state index contributed by atoms with van der Waals surface area (Å²) >= 11 is 9.15. The SMILES string of the molecule is Fc1cc(Cl)cnc1N1CCCC1CCCBr. The first-order chi connectivity index (χ1) is 8.22. The minimum absolute atomic E-state index is 0.316. The average Bonchev–Trinajstić information content (AvgIpc) is 2.74. The van der Waals surface area contributed by atoms with Crippen molar-refractivity contribution < 1.29 is 4.39 Å². The van der Waals surface area contributed by atoms with E-state index in [9.17, 15) is 4.39 Å². The van der Waals surface area contributed by atoms with Crippen LogP contribution in [0.25, 0.3) is 0 Å². The molecule has 0 spiro atoms. The van der Waals surface area contributed by atoms with E-state index in [1.807, 2.05) is 0 Å². The summed E-state index contributed by atoms with van der Waals surface area (Å²) in [4.78, 5) is 6.20. The normalized spacial score (nSPS) is 19.9. The minimum atomic E-state index is -0.316. The lowest BCUT2D eigenvalue weighted by atomic mass is 10.1. The van der Waals surface area contributed by atoms with E-state index >= 15 is 0 Å². The van der Waals surface area contributed by atoms with Crippen LogP contribution in [0.3, 0.4) is 0 Å². The maximum Gasteiger partial charge on any atom is 0.167 e. The highest BCUT2D eigenvalue weighted by Gasteiger charge is 2.27. The van der Waals surface area contributed by atoms with Gasteiger partial charge in [-0.05, 0) is 31.7 Å². The molecule has 1 aromatic heterocycles. The highest BCUT2D eigenvalue weighted by Crippen LogP contribution is 2.29. The Morgan fingerprint density at radius 1 is 1.59 bits per heavy atom. The van der Waals surface area contributed by atoms with Crippen LogP contribution in [0.5, 0.6) is 0 Å². The summed E-state index contributed by atoms with van der Waals surface area (Å²) in [6, 6.07) is 1.75. The summed E-state index contributed by atoms with van der Waals surface area (Å²) < 4.78 is 13.8. The van der Waals surface area contributed by atoms with Crippen LogP contribution in [0, 0.1) is 5.82 Å². The van der Waals surface area contributed by atoms with Gasteiger partial charge in [-0.2, -0.15) is 0 Å². The molecule has 0 radical (unpaired) electrons. The maximum atomic E-state index is 13.8. The number of nitrogens with zero attached hydrogens (tertiary/aromatic N) is 2. The first-order valence-electron chi connectivity index (χ1n) is 5.86. The lowest BCUT2D eigenvalue weighted by Crippen LogP contribution is -2.30. The zero-order chi connectivity index (χ0) is 12.3. The van der Waals surface area contributed by atoms with Gasteiger partial charge in [0, 0.05) is 24.1 Å². The van der Waals surface area contributed by atoms with Crippen molar-refractivity contribution in [2.24, 2.45) is 0 Å². The lowest BCUT2D eigenvalue weighted by molar-refractivity contribution is 0.571. The number of alkyl halides is 1. The van der Waals surface area contributed by atoms with E-state index in [4.69, 9.17) is 11.6 Å². The van der Waals surface area contributed by atoms with Gasteiger partial charge in [0.1, 0.15) is 0 Å². The molecule has 0 saturated carbocycles. The predicted molar refractivity (Wildman–Crippen MR) is 72.6 cm³/mol. The number of rotatable bonds is 4. The average molecular weight is 322 g/mol. The molecular formula is C12H15BrClFN2. The highest BCUT2D eigenvalue weighted by atomic mass is 79.9. The molecule has 0 amide bonds. The van der Waals surface area contributed by atoms with E-state index in [0.717, 1.165) is 37.6 Å². The van der Waals surface area contributed by atoms with Gasteiger partial charge in [-0.1, -0.05) is 27.5 Å². The number of pyridine rings is 1. The minimum Gasteiger partial charge on any atom is -0.351 e. The third kappa shape index (κ3) is 3.10. The monoisotopic (exact) mass is 320 g/mol. The van der Waals surface area contributed by atoms with Crippen molar-refractivity contribution in [3.8, 4) is 0 Å². The number of hydrogen-bond donors (Lipinski definition) is 0. The molecular weight excluding hydrogens is 307 g/mol. The van der Waals surface area contributed by atoms with Gasteiger partial charge in [0.15, 0.2) is 11.6 Å². The number of halogens is 3. The van der Waals surface area contributed by atoms with Gasteiger partial charge >= 0.3 is 0 Å². The summed E-state index contributed by atoms with van der Waals surface area (Å²) in [7, 11) is 0. The number of hydrogen-bond acceptors (Lipinski definition) is 2. The molecule has 17 heavy (non-hydrogen) atoms. The quantitative estimate of drug-likeness (QED) is 0.779. The van der Waals surface area contributed by atoms with Crippen molar-refractivity contribution in [1.82, 2.24) is 4.98 Å². The van der Waals surface area contributed by atoms with Crippen LogP contribution in [0.1, 0.15) is 25.7 Å². The first-order valence-corrected chi connectivity index (χ1v) is 7.36. The Kier molecular flexibility index (Phi) is 4.62. The van der Waals surface area contributed by atoms with Crippen LogP contribution >= 0.6 is 27.5 Å². The van der Waals surface area contributed by atoms with Gasteiger partial charge in [0.05, 0.1) is 5.02 Å². The Bertz CT molecular complexity index is 389.